The highest BCUT2D eigenvalue weighted by atomic mass is 19.4. The molecular formula is C19H14F6O2. The molecule has 0 aliphatic heterocycles. The lowest BCUT2D eigenvalue weighted by Crippen LogP contribution is -2.19. The zero-order valence-corrected chi connectivity index (χ0v) is 14.0. The van der Waals surface area contributed by atoms with Crippen LogP contribution in [0.25, 0.3) is 11.1 Å². The molecule has 0 atom stereocenters. The Balaban J connectivity index is 2.77. The molecule has 0 aliphatic rings. The standard InChI is InChI=1S/C19H14F6O2/c1-3-14(26)12-7-5-11(6-8-12)13-9-10-15(27-4-2)17(19(23,24)25)16(13)18(20,21)22/h3,5-10H,1,4H2,2H3. The second-order valence-corrected chi connectivity index (χ2v) is 5.44. The zero-order valence-electron chi connectivity index (χ0n) is 14.0. The van der Waals surface area contributed by atoms with Crippen LogP contribution >= 0.6 is 0 Å². The Morgan fingerprint density at radius 3 is 1.96 bits per heavy atom. The summed E-state index contributed by atoms with van der Waals surface area (Å²) in [5.74, 6) is -1.35. The molecule has 2 aromatic carbocycles. The van der Waals surface area contributed by atoms with Crippen LogP contribution in [0.3, 0.4) is 0 Å². The number of carbonyl (C=O) groups is 1. The summed E-state index contributed by atoms with van der Waals surface area (Å²) < 4.78 is 85.8. The van der Waals surface area contributed by atoms with Gasteiger partial charge in [-0.2, -0.15) is 26.3 Å². The highest BCUT2D eigenvalue weighted by Gasteiger charge is 2.47. The second kappa shape index (κ2) is 7.46. The molecule has 8 heteroatoms. The molecule has 0 fully saturated rings. The SMILES string of the molecule is C=CC(=O)c1ccc(-c2ccc(OCC)c(C(F)(F)F)c2C(F)(F)F)cc1. The molecule has 0 N–H and O–H groups in total. The first-order valence-corrected chi connectivity index (χ1v) is 7.72. The van der Waals surface area contributed by atoms with E-state index >= 15 is 0 Å². The molecule has 27 heavy (non-hydrogen) atoms. The maximum Gasteiger partial charge on any atom is 0.420 e. The minimum absolute atomic E-state index is 0.114. The number of allylic oxidation sites excluding steroid dienone is 1. The summed E-state index contributed by atoms with van der Waals surface area (Å²) in [5.41, 5.74) is -4.32. The Morgan fingerprint density at radius 1 is 0.963 bits per heavy atom. The Bertz CT molecular complexity index is 848. The van der Waals surface area contributed by atoms with Gasteiger partial charge in [0.05, 0.1) is 12.2 Å². The van der Waals surface area contributed by atoms with Crippen molar-refractivity contribution in [3.05, 3.63) is 65.7 Å². The van der Waals surface area contributed by atoms with E-state index in [1.165, 1.54) is 19.1 Å². The van der Waals surface area contributed by atoms with Crippen molar-refractivity contribution >= 4 is 5.78 Å². The Labute approximate surface area is 151 Å². The van der Waals surface area contributed by atoms with Gasteiger partial charge in [-0.1, -0.05) is 36.9 Å². The first-order chi connectivity index (χ1) is 12.5. The van der Waals surface area contributed by atoms with Crippen molar-refractivity contribution in [2.24, 2.45) is 0 Å². The lowest BCUT2D eigenvalue weighted by molar-refractivity contribution is -0.162. The predicted molar refractivity (Wildman–Crippen MR) is 87.6 cm³/mol. The molecule has 2 aromatic rings. The van der Waals surface area contributed by atoms with Gasteiger partial charge in [-0.15, -0.1) is 0 Å². The van der Waals surface area contributed by atoms with Crippen molar-refractivity contribution in [1.82, 2.24) is 0 Å². The van der Waals surface area contributed by atoms with Gasteiger partial charge in [0.25, 0.3) is 0 Å². The molecule has 144 valence electrons. The van der Waals surface area contributed by atoms with Crippen LogP contribution in [0.4, 0.5) is 26.3 Å². The van der Waals surface area contributed by atoms with Crippen LogP contribution in [-0.4, -0.2) is 12.4 Å². The van der Waals surface area contributed by atoms with E-state index in [2.05, 4.69) is 6.58 Å². The van der Waals surface area contributed by atoms with Crippen LogP contribution < -0.4 is 4.74 Å². The van der Waals surface area contributed by atoms with E-state index in [0.29, 0.717) is 0 Å². The van der Waals surface area contributed by atoms with Crippen LogP contribution in [0.5, 0.6) is 5.75 Å². The molecule has 0 saturated heterocycles. The van der Waals surface area contributed by atoms with Gasteiger partial charge in [-0.3, -0.25) is 4.79 Å². The normalized spacial score (nSPS) is 12.0. The first kappa shape index (κ1) is 20.5. The molecule has 0 bridgehead atoms. The maximum absolute atomic E-state index is 13.6. The average molecular weight is 388 g/mol. The Hall–Kier alpha value is -2.77. The van der Waals surface area contributed by atoms with Crippen molar-refractivity contribution in [2.75, 3.05) is 6.61 Å². The molecule has 0 saturated carbocycles. The highest BCUT2D eigenvalue weighted by molar-refractivity contribution is 6.04. The summed E-state index contributed by atoms with van der Waals surface area (Å²) in [5, 5.41) is 0. The van der Waals surface area contributed by atoms with Gasteiger partial charge in [-0.05, 0) is 30.2 Å². The van der Waals surface area contributed by atoms with Crippen molar-refractivity contribution < 1.29 is 35.9 Å². The molecule has 0 radical (unpaired) electrons. The van der Waals surface area contributed by atoms with E-state index in [1.54, 1.807) is 0 Å². The third-order valence-electron chi connectivity index (χ3n) is 3.70. The lowest BCUT2D eigenvalue weighted by atomic mass is 9.93. The fourth-order valence-electron chi connectivity index (χ4n) is 2.61. The second-order valence-electron chi connectivity index (χ2n) is 5.44. The quantitative estimate of drug-likeness (QED) is 0.348. The van der Waals surface area contributed by atoms with E-state index in [4.69, 9.17) is 4.74 Å². The minimum atomic E-state index is -5.27. The van der Waals surface area contributed by atoms with E-state index < -0.39 is 40.6 Å². The molecule has 2 nitrogen and oxygen atoms in total. The predicted octanol–water partition coefficient (Wildman–Crippen LogP) is 6.16. The van der Waals surface area contributed by atoms with Crippen LogP contribution in [0, 0.1) is 0 Å². The fraction of sp³-hybridized carbons (Fsp3) is 0.211. The molecule has 2 rings (SSSR count). The highest BCUT2D eigenvalue weighted by Crippen LogP contribution is 2.49. The topological polar surface area (TPSA) is 26.3 Å². The number of alkyl halides is 6. The lowest BCUT2D eigenvalue weighted by Gasteiger charge is -2.22. The Kier molecular flexibility index (Phi) is 5.67. The average Bonchev–Trinajstić information content (AvgIpc) is 2.59. The maximum atomic E-state index is 13.6. The third-order valence-corrected chi connectivity index (χ3v) is 3.70. The fourth-order valence-corrected chi connectivity index (χ4v) is 2.61. The molecule has 0 aliphatic carbocycles. The molecule has 0 unspecified atom stereocenters. The number of ketones is 1. The van der Waals surface area contributed by atoms with Gasteiger partial charge in [0.2, 0.25) is 0 Å². The van der Waals surface area contributed by atoms with Gasteiger partial charge >= 0.3 is 12.4 Å². The van der Waals surface area contributed by atoms with Crippen molar-refractivity contribution in [3.63, 3.8) is 0 Å². The molecule has 0 heterocycles. The van der Waals surface area contributed by atoms with Gasteiger partial charge in [-0.25, -0.2) is 0 Å². The number of halogens is 6. The van der Waals surface area contributed by atoms with Gasteiger partial charge in [0.15, 0.2) is 5.78 Å². The van der Waals surface area contributed by atoms with Gasteiger partial charge in [0.1, 0.15) is 11.3 Å². The number of benzene rings is 2. The summed E-state index contributed by atoms with van der Waals surface area (Å²) in [4.78, 5) is 11.5. The largest absolute Gasteiger partial charge is 0.493 e. The summed E-state index contributed by atoms with van der Waals surface area (Å²) in [6.07, 6.45) is -9.53. The van der Waals surface area contributed by atoms with E-state index in [9.17, 15) is 31.1 Å². The smallest absolute Gasteiger partial charge is 0.420 e. The van der Waals surface area contributed by atoms with Crippen molar-refractivity contribution in [2.45, 2.75) is 19.3 Å². The summed E-state index contributed by atoms with van der Waals surface area (Å²) in [7, 11) is 0. The van der Waals surface area contributed by atoms with Crippen LogP contribution in [0.1, 0.15) is 28.4 Å². The Morgan fingerprint density at radius 2 is 1.52 bits per heavy atom. The minimum Gasteiger partial charge on any atom is -0.493 e. The van der Waals surface area contributed by atoms with Crippen LogP contribution in [0.2, 0.25) is 0 Å². The number of carbonyl (C=O) groups excluding carboxylic acids is 1. The summed E-state index contributed by atoms with van der Waals surface area (Å²) in [6, 6.07) is 6.54. The monoisotopic (exact) mass is 388 g/mol. The zero-order chi connectivity index (χ0) is 20.4. The molecular weight excluding hydrogens is 374 g/mol. The molecule has 0 spiro atoms. The molecule has 0 amide bonds. The van der Waals surface area contributed by atoms with Crippen LogP contribution in [0.15, 0.2) is 49.1 Å². The number of ether oxygens (including phenoxy) is 1. The van der Waals surface area contributed by atoms with E-state index in [1.807, 2.05) is 0 Å². The van der Waals surface area contributed by atoms with E-state index in [-0.39, 0.29) is 17.7 Å². The first-order valence-electron chi connectivity index (χ1n) is 7.72. The number of hydrogen-bond acceptors (Lipinski definition) is 2. The van der Waals surface area contributed by atoms with Crippen molar-refractivity contribution in [3.8, 4) is 16.9 Å². The van der Waals surface area contributed by atoms with E-state index in [0.717, 1.165) is 30.3 Å². The number of rotatable bonds is 5. The molecule has 0 aromatic heterocycles. The van der Waals surface area contributed by atoms with Crippen molar-refractivity contribution in [1.29, 1.82) is 0 Å². The summed E-state index contributed by atoms with van der Waals surface area (Å²) >= 11 is 0. The van der Waals surface area contributed by atoms with Crippen LogP contribution in [-0.2, 0) is 12.4 Å². The summed E-state index contributed by atoms with van der Waals surface area (Å²) in [6.45, 7) is 4.44. The third kappa shape index (κ3) is 4.32. The van der Waals surface area contributed by atoms with Gasteiger partial charge in [0, 0.05) is 5.56 Å². The number of hydrogen-bond donors (Lipinski definition) is 0. The van der Waals surface area contributed by atoms with Gasteiger partial charge < -0.3 is 4.74 Å².